The number of aryl methyl sites for hydroxylation is 2. The molecule has 1 saturated heterocycles. The van der Waals surface area contributed by atoms with E-state index in [9.17, 15) is 4.79 Å². The number of amides is 1. The predicted molar refractivity (Wildman–Crippen MR) is 91.8 cm³/mol. The maximum atomic E-state index is 12.3. The van der Waals surface area contributed by atoms with Crippen LogP contribution in [0.15, 0.2) is 18.2 Å². The SMILES string of the molecule is C[C@@H](NC(=O)C[NH+]1CC[NH+](C)CC1)c1ccc2c(c1)CCCC2. The van der Waals surface area contributed by atoms with Gasteiger partial charge < -0.3 is 15.1 Å². The third-order valence-electron chi connectivity index (χ3n) is 5.47. The molecule has 0 saturated carbocycles. The van der Waals surface area contributed by atoms with Crippen molar-refractivity contribution >= 4 is 5.91 Å². The zero-order chi connectivity index (χ0) is 16.2. The highest BCUT2D eigenvalue weighted by Gasteiger charge is 2.23. The minimum Gasteiger partial charge on any atom is -0.345 e. The predicted octanol–water partition coefficient (Wildman–Crippen LogP) is -0.844. The molecule has 3 N–H and O–H groups in total. The van der Waals surface area contributed by atoms with Crippen LogP contribution in [0.2, 0.25) is 0 Å². The Labute approximate surface area is 139 Å². The van der Waals surface area contributed by atoms with Crippen LogP contribution in [0, 0.1) is 0 Å². The second kappa shape index (κ2) is 7.45. The highest BCUT2D eigenvalue weighted by atomic mass is 16.2. The van der Waals surface area contributed by atoms with Crippen LogP contribution in [0.4, 0.5) is 0 Å². The molecule has 1 atom stereocenters. The van der Waals surface area contributed by atoms with Gasteiger partial charge in [0.15, 0.2) is 6.54 Å². The molecule has 1 heterocycles. The Balaban J connectivity index is 1.54. The van der Waals surface area contributed by atoms with Gasteiger partial charge in [0.1, 0.15) is 26.2 Å². The van der Waals surface area contributed by atoms with Gasteiger partial charge in [0, 0.05) is 0 Å². The third-order valence-corrected chi connectivity index (χ3v) is 5.47. The summed E-state index contributed by atoms with van der Waals surface area (Å²) >= 11 is 0. The number of piperazine rings is 1. The average Bonchev–Trinajstić information content (AvgIpc) is 2.56. The summed E-state index contributed by atoms with van der Waals surface area (Å²) < 4.78 is 0. The monoisotopic (exact) mass is 317 g/mol. The van der Waals surface area contributed by atoms with E-state index in [-0.39, 0.29) is 11.9 Å². The number of rotatable bonds is 4. The Morgan fingerprint density at radius 3 is 2.57 bits per heavy atom. The summed E-state index contributed by atoms with van der Waals surface area (Å²) in [6.45, 7) is 7.26. The lowest BCUT2D eigenvalue weighted by atomic mass is 9.89. The first kappa shape index (κ1) is 16.5. The number of nitrogens with one attached hydrogen (secondary N) is 3. The normalized spacial score (nSPS) is 25.5. The van der Waals surface area contributed by atoms with Gasteiger partial charge >= 0.3 is 0 Å². The molecule has 0 bridgehead atoms. The van der Waals surface area contributed by atoms with E-state index in [1.807, 2.05) is 0 Å². The smallest absolute Gasteiger partial charge is 0.275 e. The van der Waals surface area contributed by atoms with Crippen LogP contribution < -0.4 is 15.1 Å². The molecule has 2 aliphatic rings. The fourth-order valence-corrected chi connectivity index (χ4v) is 3.83. The summed E-state index contributed by atoms with van der Waals surface area (Å²) in [6, 6.07) is 6.88. The van der Waals surface area contributed by atoms with Gasteiger partial charge in [-0.3, -0.25) is 4.79 Å². The summed E-state index contributed by atoms with van der Waals surface area (Å²) in [5.41, 5.74) is 4.24. The van der Waals surface area contributed by atoms with E-state index in [0.29, 0.717) is 6.54 Å². The number of benzene rings is 1. The molecule has 0 aromatic heterocycles. The Morgan fingerprint density at radius 1 is 1.13 bits per heavy atom. The lowest BCUT2D eigenvalue weighted by Crippen LogP contribution is -3.27. The molecule has 1 aliphatic heterocycles. The summed E-state index contributed by atoms with van der Waals surface area (Å²) in [5, 5.41) is 3.19. The molecule has 0 radical (unpaired) electrons. The quantitative estimate of drug-likeness (QED) is 0.665. The fourth-order valence-electron chi connectivity index (χ4n) is 3.83. The fraction of sp³-hybridized carbons (Fsp3) is 0.632. The summed E-state index contributed by atoms with van der Waals surface area (Å²) in [6.07, 6.45) is 5.02. The van der Waals surface area contributed by atoms with Crippen LogP contribution in [-0.4, -0.2) is 45.7 Å². The molecule has 1 aromatic carbocycles. The lowest BCUT2D eigenvalue weighted by Gasteiger charge is -2.27. The standard InChI is InChI=1S/C19H29N3O/c1-15(17-8-7-16-5-3-4-6-18(16)13-17)20-19(23)14-22-11-9-21(2)10-12-22/h7-8,13,15H,3-6,9-12,14H2,1-2H3,(H,20,23)/p+2/t15-/m1/s1. The van der Waals surface area contributed by atoms with Gasteiger partial charge in [-0.1, -0.05) is 18.2 Å². The maximum Gasteiger partial charge on any atom is 0.275 e. The Bertz CT molecular complexity index is 550. The van der Waals surface area contributed by atoms with Crippen LogP contribution in [0.25, 0.3) is 0 Å². The van der Waals surface area contributed by atoms with Crippen LogP contribution in [0.1, 0.15) is 42.5 Å². The van der Waals surface area contributed by atoms with Crippen molar-refractivity contribution in [1.82, 2.24) is 5.32 Å². The topological polar surface area (TPSA) is 38.0 Å². The molecule has 4 heteroatoms. The molecule has 1 fully saturated rings. The third kappa shape index (κ3) is 4.33. The van der Waals surface area contributed by atoms with E-state index in [4.69, 9.17) is 0 Å². The maximum absolute atomic E-state index is 12.3. The highest BCUT2D eigenvalue weighted by molar-refractivity contribution is 5.77. The second-order valence-corrected chi connectivity index (χ2v) is 7.41. The molecule has 0 spiro atoms. The van der Waals surface area contributed by atoms with Crippen molar-refractivity contribution in [3.63, 3.8) is 0 Å². The van der Waals surface area contributed by atoms with Crippen LogP contribution in [0.5, 0.6) is 0 Å². The zero-order valence-electron chi connectivity index (χ0n) is 14.6. The van der Waals surface area contributed by atoms with Crippen molar-refractivity contribution in [2.24, 2.45) is 0 Å². The number of hydrogen-bond donors (Lipinski definition) is 3. The Morgan fingerprint density at radius 2 is 1.83 bits per heavy atom. The van der Waals surface area contributed by atoms with Crippen molar-refractivity contribution in [3.8, 4) is 0 Å². The van der Waals surface area contributed by atoms with Gasteiger partial charge in [-0.05, 0) is 49.3 Å². The Kier molecular flexibility index (Phi) is 5.34. The molecule has 1 amide bonds. The van der Waals surface area contributed by atoms with Crippen LogP contribution >= 0.6 is 0 Å². The van der Waals surface area contributed by atoms with Gasteiger partial charge in [-0.25, -0.2) is 0 Å². The molecule has 4 nitrogen and oxygen atoms in total. The average molecular weight is 317 g/mol. The minimum atomic E-state index is 0.104. The number of hydrogen-bond acceptors (Lipinski definition) is 1. The van der Waals surface area contributed by atoms with Crippen molar-refractivity contribution in [2.75, 3.05) is 39.8 Å². The number of fused-ring (bicyclic) bond motifs is 1. The van der Waals surface area contributed by atoms with Crippen LogP contribution in [0.3, 0.4) is 0 Å². The molecule has 23 heavy (non-hydrogen) atoms. The molecule has 126 valence electrons. The minimum absolute atomic E-state index is 0.104. The summed E-state index contributed by atoms with van der Waals surface area (Å²) in [5.74, 6) is 0.185. The lowest BCUT2D eigenvalue weighted by molar-refractivity contribution is -1.000. The first-order valence-electron chi connectivity index (χ1n) is 9.18. The molecule has 1 aromatic rings. The van der Waals surface area contributed by atoms with Gasteiger partial charge in [-0.2, -0.15) is 0 Å². The number of likely N-dealkylation sites (N-methyl/N-ethyl adjacent to an activating group) is 1. The van der Waals surface area contributed by atoms with E-state index in [1.54, 1.807) is 4.90 Å². The second-order valence-electron chi connectivity index (χ2n) is 7.41. The Hall–Kier alpha value is -1.39. The van der Waals surface area contributed by atoms with Crippen molar-refractivity contribution in [3.05, 3.63) is 34.9 Å². The zero-order valence-corrected chi connectivity index (χ0v) is 14.6. The number of quaternary nitrogens is 2. The van der Waals surface area contributed by atoms with Crippen molar-refractivity contribution in [2.45, 2.75) is 38.6 Å². The van der Waals surface area contributed by atoms with Crippen molar-refractivity contribution in [1.29, 1.82) is 0 Å². The molecule has 0 unspecified atom stereocenters. The largest absolute Gasteiger partial charge is 0.345 e. The highest BCUT2D eigenvalue weighted by Crippen LogP contribution is 2.24. The van der Waals surface area contributed by atoms with E-state index < -0.39 is 0 Å². The van der Waals surface area contributed by atoms with E-state index in [0.717, 1.165) is 13.1 Å². The van der Waals surface area contributed by atoms with Crippen LogP contribution in [-0.2, 0) is 17.6 Å². The molecular formula is C19H31N3O+2. The van der Waals surface area contributed by atoms with Gasteiger partial charge in [0.05, 0.1) is 13.1 Å². The number of carbonyl (C=O) groups excluding carboxylic acids is 1. The first-order valence-corrected chi connectivity index (χ1v) is 9.18. The first-order chi connectivity index (χ1) is 11.1. The van der Waals surface area contributed by atoms with E-state index in [2.05, 4.69) is 37.5 Å². The van der Waals surface area contributed by atoms with Gasteiger partial charge in [0.2, 0.25) is 0 Å². The van der Waals surface area contributed by atoms with E-state index >= 15 is 0 Å². The summed E-state index contributed by atoms with van der Waals surface area (Å²) in [4.78, 5) is 15.3. The number of carbonyl (C=O) groups is 1. The van der Waals surface area contributed by atoms with Gasteiger partial charge in [-0.15, -0.1) is 0 Å². The van der Waals surface area contributed by atoms with E-state index in [1.165, 1.54) is 60.4 Å². The molecule has 1 aliphatic carbocycles. The summed E-state index contributed by atoms with van der Waals surface area (Å²) in [7, 11) is 2.23. The molecule has 3 rings (SSSR count). The molecular weight excluding hydrogens is 286 g/mol. The van der Waals surface area contributed by atoms with Gasteiger partial charge in [0.25, 0.3) is 5.91 Å². The van der Waals surface area contributed by atoms with Crippen molar-refractivity contribution < 1.29 is 14.6 Å².